The monoisotopic (exact) mass is 417 g/mol. The minimum Gasteiger partial charge on any atom is -0.384 e. The van der Waals surface area contributed by atoms with E-state index in [1.165, 1.54) is 23.7 Å². The zero-order valence-electron chi connectivity index (χ0n) is 17.6. The zero-order chi connectivity index (χ0) is 22.0. The summed E-state index contributed by atoms with van der Waals surface area (Å²) in [6.07, 6.45) is 0. The lowest BCUT2D eigenvalue weighted by Crippen LogP contribution is -2.49. The Bertz CT molecular complexity index is 1030. The SMILES string of the molecule is CC(C)Cn1c(N)c(C(=O)CN2CCN(c3ccc(F)cc3)CC2)c(=O)n(C)c1=O. The van der Waals surface area contributed by atoms with Crippen LogP contribution in [0, 0.1) is 11.7 Å². The Labute approximate surface area is 174 Å². The summed E-state index contributed by atoms with van der Waals surface area (Å²) < 4.78 is 15.4. The quantitative estimate of drug-likeness (QED) is 0.703. The largest absolute Gasteiger partial charge is 0.384 e. The van der Waals surface area contributed by atoms with Crippen LogP contribution in [0.1, 0.15) is 24.2 Å². The standard InChI is InChI=1S/C21H28FN5O3/c1-14(2)12-27-19(23)18(20(29)24(3)21(27)30)17(28)13-25-8-10-26(11-9-25)16-6-4-15(22)5-7-16/h4-7,14H,8-13,23H2,1-3H3. The molecule has 8 nitrogen and oxygen atoms in total. The molecule has 9 heteroatoms. The van der Waals surface area contributed by atoms with E-state index in [9.17, 15) is 18.8 Å². The lowest BCUT2D eigenvalue weighted by atomic mass is 10.1. The first kappa shape index (κ1) is 21.8. The summed E-state index contributed by atoms with van der Waals surface area (Å²) in [5, 5.41) is 0. The number of carbonyl (C=O) groups is 1. The molecule has 0 amide bonds. The Morgan fingerprint density at radius 3 is 2.27 bits per heavy atom. The van der Waals surface area contributed by atoms with Gasteiger partial charge in [0.05, 0.1) is 6.54 Å². The van der Waals surface area contributed by atoms with Gasteiger partial charge in [-0.2, -0.15) is 0 Å². The molecule has 0 spiro atoms. The van der Waals surface area contributed by atoms with Crippen LogP contribution in [0.4, 0.5) is 15.9 Å². The number of carbonyl (C=O) groups excluding carboxylic acids is 1. The molecule has 3 rings (SSSR count). The summed E-state index contributed by atoms with van der Waals surface area (Å²) in [5.41, 5.74) is 5.72. The van der Waals surface area contributed by atoms with Crippen LogP contribution in [0.3, 0.4) is 0 Å². The van der Waals surface area contributed by atoms with E-state index < -0.39 is 11.2 Å². The first-order valence-electron chi connectivity index (χ1n) is 10.0. The second-order valence-electron chi connectivity index (χ2n) is 8.07. The third-order valence-electron chi connectivity index (χ3n) is 5.34. The van der Waals surface area contributed by atoms with Crippen molar-refractivity contribution in [3.63, 3.8) is 0 Å². The average molecular weight is 417 g/mol. The summed E-state index contributed by atoms with van der Waals surface area (Å²) >= 11 is 0. The van der Waals surface area contributed by atoms with E-state index in [-0.39, 0.29) is 35.4 Å². The van der Waals surface area contributed by atoms with E-state index in [2.05, 4.69) is 4.90 Å². The lowest BCUT2D eigenvalue weighted by molar-refractivity contribution is 0.0924. The van der Waals surface area contributed by atoms with Crippen molar-refractivity contribution in [3.8, 4) is 0 Å². The molecule has 2 aromatic rings. The van der Waals surface area contributed by atoms with Gasteiger partial charge in [0.1, 0.15) is 17.2 Å². The number of hydrogen-bond acceptors (Lipinski definition) is 6. The maximum atomic E-state index is 13.1. The Hall–Kier alpha value is -2.94. The van der Waals surface area contributed by atoms with Crippen molar-refractivity contribution in [3.05, 3.63) is 56.5 Å². The molecule has 0 aliphatic carbocycles. The molecular weight excluding hydrogens is 389 g/mol. The highest BCUT2D eigenvalue weighted by Crippen LogP contribution is 2.17. The van der Waals surface area contributed by atoms with Gasteiger partial charge >= 0.3 is 5.69 Å². The van der Waals surface area contributed by atoms with Crippen molar-refractivity contribution < 1.29 is 9.18 Å². The normalized spacial score (nSPS) is 15.0. The Balaban J connectivity index is 1.74. The molecule has 2 N–H and O–H groups in total. The summed E-state index contributed by atoms with van der Waals surface area (Å²) in [6, 6.07) is 6.32. The van der Waals surface area contributed by atoms with Crippen LogP contribution < -0.4 is 21.9 Å². The number of aromatic nitrogens is 2. The van der Waals surface area contributed by atoms with E-state index in [1.807, 2.05) is 18.7 Å². The molecule has 1 fully saturated rings. The predicted octanol–water partition coefficient (Wildman–Crippen LogP) is 0.929. The van der Waals surface area contributed by atoms with Crippen LogP contribution >= 0.6 is 0 Å². The average Bonchev–Trinajstić information content (AvgIpc) is 2.71. The molecule has 2 heterocycles. The van der Waals surface area contributed by atoms with Gasteiger partial charge in [-0.1, -0.05) is 13.8 Å². The fraction of sp³-hybridized carbons (Fsp3) is 0.476. The Morgan fingerprint density at radius 2 is 1.70 bits per heavy atom. The smallest absolute Gasteiger partial charge is 0.332 e. The molecule has 1 aliphatic heterocycles. The molecule has 1 aromatic carbocycles. The fourth-order valence-electron chi connectivity index (χ4n) is 3.69. The van der Waals surface area contributed by atoms with Gasteiger partial charge in [0.25, 0.3) is 5.56 Å². The van der Waals surface area contributed by atoms with E-state index in [0.717, 1.165) is 10.3 Å². The van der Waals surface area contributed by atoms with E-state index in [0.29, 0.717) is 32.7 Å². The molecule has 0 radical (unpaired) electrons. The van der Waals surface area contributed by atoms with Crippen LogP contribution in [0.2, 0.25) is 0 Å². The van der Waals surface area contributed by atoms with Gasteiger partial charge in [0, 0.05) is 45.5 Å². The summed E-state index contributed by atoms with van der Waals surface area (Å²) in [6.45, 7) is 6.84. The number of halogens is 1. The van der Waals surface area contributed by atoms with Crippen molar-refractivity contribution in [2.24, 2.45) is 13.0 Å². The third kappa shape index (κ3) is 4.46. The van der Waals surface area contributed by atoms with Gasteiger partial charge in [-0.3, -0.25) is 23.6 Å². The van der Waals surface area contributed by atoms with Crippen LogP contribution in [0.15, 0.2) is 33.9 Å². The van der Waals surface area contributed by atoms with Crippen LogP contribution in [-0.4, -0.2) is 52.5 Å². The zero-order valence-corrected chi connectivity index (χ0v) is 17.6. The van der Waals surface area contributed by atoms with Gasteiger partial charge in [0.2, 0.25) is 0 Å². The second kappa shape index (κ2) is 8.83. The number of nitrogens with two attached hydrogens (primary N) is 1. The molecule has 0 unspecified atom stereocenters. The number of piperazine rings is 1. The number of benzene rings is 1. The van der Waals surface area contributed by atoms with Crippen molar-refractivity contribution >= 4 is 17.3 Å². The van der Waals surface area contributed by atoms with E-state index >= 15 is 0 Å². The number of rotatable bonds is 6. The minimum absolute atomic E-state index is 0.0522. The van der Waals surface area contributed by atoms with Gasteiger partial charge in [-0.25, -0.2) is 9.18 Å². The van der Waals surface area contributed by atoms with Crippen molar-refractivity contribution in [1.29, 1.82) is 0 Å². The molecule has 0 saturated carbocycles. The first-order valence-corrected chi connectivity index (χ1v) is 10.0. The molecule has 30 heavy (non-hydrogen) atoms. The number of ketones is 1. The topological polar surface area (TPSA) is 93.6 Å². The molecule has 1 saturated heterocycles. The maximum absolute atomic E-state index is 13.1. The first-order chi connectivity index (χ1) is 14.2. The number of Topliss-reactive ketones (excluding diaryl/α,β-unsaturated/α-hetero) is 1. The maximum Gasteiger partial charge on any atom is 0.332 e. The highest BCUT2D eigenvalue weighted by molar-refractivity contribution is 6.01. The van der Waals surface area contributed by atoms with Gasteiger partial charge < -0.3 is 10.6 Å². The van der Waals surface area contributed by atoms with E-state index in [1.54, 1.807) is 12.1 Å². The van der Waals surface area contributed by atoms with Gasteiger partial charge in [-0.05, 0) is 30.2 Å². The molecule has 1 aromatic heterocycles. The molecular formula is C21H28FN5O3. The van der Waals surface area contributed by atoms with E-state index in [4.69, 9.17) is 5.73 Å². The van der Waals surface area contributed by atoms with Gasteiger partial charge in [0.15, 0.2) is 5.78 Å². The van der Waals surface area contributed by atoms with Crippen molar-refractivity contribution in [2.75, 3.05) is 43.4 Å². The Kier molecular flexibility index (Phi) is 6.40. The van der Waals surface area contributed by atoms with Crippen molar-refractivity contribution in [2.45, 2.75) is 20.4 Å². The van der Waals surface area contributed by atoms with Crippen LogP contribution in [0.25, 0.3) is 0 Å². The predicted molar refractivity (Wildman–Crippen MR) is 115 cm³/mol. The summed E-state index contributed by atoms with van der Waals surface area (Å²) in [5.74, 6) is -0.599. The van der Waals surface area contributed by atoms with Crippen LogP contribution in [0.5, 0.6) is 0 Å². The fourth-order valence-corrected chi connectivity index (χ4v) is 3.69. The highest BCUT2D eigenvalue weighted by atomic mass is 19.1. The molecule has 162 valence electrons. The number of nitrogens with zero attached hydrogens (tertiary/aromatic N) is 4. The Morgan fingerprint density at radius 1 is 1.10 bits per heavy atom. The van der Waals surface area contributed by atoms with Gasteiger partial charge in [-0.15, -0.1) is 0 Å². The minimum atomic E-state index is -0.660. The number of anilines is 2. The number of nitrogen functional groups attached to an aromatic ring is 1. The molecule has 1 aliphatic rings. The highest BCUT2D eigenvalue weighted by Gasteiger charge is 2.25. The molecule has 0 bridgehead atoms. The second-order valence-corrected chi connectivity index (χ2v) is 8.07. The lowest BCUT2D eigenvalue weighted by Gasteiger charge is -2.35. The third-order valence-corrected chi connectivity index (χ3v) is 5.34. The number of hydrogen-bond donors (Lipinski definition) is 1. The van der Waals surface area contributed by atoms with Crippen LogP contribution in [-0.2, 0) is 13.6 Å². The van der Waals surface area contributed by atoms with Crippen molar-refractivity contribution in [1.82, 2.24) is 14.0 Å². The summed E-state index contributed by atoms with van der Waals surface area (Å²) in [7, 11) is 1.36. The molecule has 0 atom stereocenters. The summed E-state index contributed by atoms with van der Waals surface area (Å²) in [4.78, 5) is 42.0.